The fraction of sp³-hybridized carbons (Fsp3) is 0.316. The molecule has 0 saturated heterocycles. The standard InChI is InChI=1S/C19H21NO7S/c1-12-10-17(22)27-13(2)18(12)19(23)26-11-16(21)15-6-4-14(5-7-15)8-9-20-28(3,24)25/h4-7,10,20H,8-9,11H2,1-3H3. The largest absolute Gasteiger partial charge is 0.454 e. The zero-order chi connectivity index (χ0) is 20.9. The van der Waals surface area contributed by atoms with Gasteiger partial charge in [0.25, 0.3) is 0 Å². The second kappa shape index (κ2) is 8.94. The topological polar surface area (TPSA) is 120 Å². The van der Waals surface area contributed by atoms with Gasteiger partial charge in [-0.1, -0.05) is 24.3 Å². The quantitative estimate of drug-likeness (QED) is 0.519. The van der Waals surface area contributed by atoms with Gasteiger partial charge in [0.15, 0.2) is 12.4 Å². The summed E-state index contributed by atoms with van der Waals surface area (Å²) >= 11 is 0. The summed E-state index contributed by atoms with van der Waals surface area (Å²) in [6.07, 6.45) is 1.57. The van der Waals surface area contributed by atoms with Crippen LogP contribution in [0.2, 0.25) is 0 Å². The minimum Gasteiger partial charge on any atom is -0.454 e. The van der Waals surface area contributed by atoms with Crippen molar-refractivity contribution in [3.63, 3.8) is 0 Å². The number of carbonyl (C=O) groups is 2. The molecular weight excluding hydrogens is 386 g/mol. The van der Waals surface area contributed by atoms with Crippen LogP contribution in [0.5, 0.6) is 0 Å². The fourth-order valence-electron chi connectivity index (χ4n) is 2.59. The molecule has 8 nitrogen and oxygen atoms in total. The van der Waals surface area contributed by atoms with E-state index >= 15 is 0 Å². The summed E-state index contributed by atoms with van der Waals surface area (Å²) in [4.78, 5) is 35.7. The van der Waals surface area contributed by atoms with Crippen LogP contribution in [-0.4, -0.2) is 39.6 Å². The highest BCUT2D eigenvalue weighted by Gasteiger charge is 2.18. The Kier molecular flexibility index (Phi) is 6.87. The fourth-order valence-corrected chi connectivity index (χ4v) is 3.06. The van der Waals surface area contributed by atoms with Crippen LogP contribution in [0.1, 0.15) is 37.6 Å². The van der Waals surface area contributed by atoms with Crippen molar-refractivity contribution >= 4 is 21.8 Å². The summed E-state index contributed by atoms with van der Waals surface area (Å²) in [5.74, 6) is -0.994. The van der Waals surface area contributed by atoms with E-state index in [2.05, 4.69) is 4.72 Å². The monoisotopic (exact) mass is 407 g/mol. The van der Waals surface area contributed by atoms with Crippen molar-refractivity contribution in [2.75, 3.05) is 19.4 Å². The first-order valence-corrected chi connectivity index (χ1v) is 10.3. The molecule has 0 radical (unpaired) electrons. The Morgan fingerprint density at radius 1 is 1.14 bits per heavy atom. The van der Waals surface area contributed by atoms with Crippen LogP contribution in [0.25, 0.3) is 0 Å². The van der Waals surface area contributed by atoms with Gasteiger partial charge in [-0.05, 0) is 31.4 Å². The molecule has 0 aliphatic heterocycles. The normalized spacial score (nSPS) is 11.2. The van der Waals surface area contributed by atoms with Crippen molar-refractivity contribution < 1.29 is 27.2 Å². The lowest BCUT2D eigenvalue weighted by Gasteiger charge is -2.08. The highest BCUT2D eigenvalue weighted by atomic mass is 32.2. The van der Waals surface area contributed by atoms with E-state index in [0.29, 0.717) is 17.5 Å². The van der Waals surface area contributed by atoms with E-state index in [0.717, 1.165) is 11.8 Å². The molecule has 1 aromatic heterocycles. The van der Waals surface area contributed by atoms with Crippen LogP contribution in [-0.2, 0) is 21.2 Å². The maximum atomic E-state index is 12.2. The van der Waals surface area contributed by atoms with E-state index in [1.165, 1.54) is 13.0 Å². The molecule has 28 heavy (non-hydrogen) atoms. The number of ketones is 1. The van der Waals surface area contributed by atoms with Gasteiger partial charge in [0.2, 0.25) is 10.0 Å². The Hall–Kier alpha value is -2.78. The maximum Gasteiger partial charge on any atom is 0.342 e. The van der Waals surface area contributed by atoms with Gasteiger partial charge in [-0.15, -0.1) is 0 Å². The van der Waals surface area contributed by atoms with Crippen molar-refractivity contribution in [1.29, 1.82) is 0 Å². The number of ether oxygens (including phenoxy) is 1. The Morgan fingerprint density at radius 3 is 2.36 bits per heavy atom. The molecule has 0 aliphatic rings. The van der Waals surface area contributed by atoms with Crippen molar-refractivity contribution in [3.8, 4) is 0 Å². The zero-order valence-electron chi connectivity index (χ0n) is 15.8. The van der Waals surface area contributed by atoms with Crippen molar-refractivity contribution in [3.05, 3.63) is 68.8 Å². The van der Waals surface area contributed by atoms with Gasteiger partial charge in [-0.3, -0.25) is 4.79 Å². The molecule has 0 bridgehead atoms. The van der Waals surface area contributed by atoms with Gasteiger partial charge in [-0.25, -0.2) is 22.7 Å². The van der Waals surface area contributed by atoms with Gasteiger partial charge in [0.1, 0.15) is 11.3 Å². The number of nitrogens with one attached hydrogen (secondary N) is 1. The third-order valence-electron chi connectivity index (χ3n) is 3.93. The molecule has 1 heterocycles. The van der Waals surface area contributed by atoms with Crippen LogP contribution >= 0.6 is 0 Å². The second-order valence-corrected chi connectivity index (χ2v) is 8.13. The third-order valence-corrected chi connectivity index (χ3v) is 4.66. The molecule has 0 aliphatic carbocycles. The Labute approximate surface area is 162 Å². The van der Waals surface area contributed by atoms with Crippen LogP contribution in [0.4, 0.5) is 0 Å². The van der Waals surface area contributed by atoms with Crippen LogP contribution in [0.3, 0.4) is 0 Å². The van der Waals surface area contributed by atoms with Gasteiger partial charge in [-0.2, -0.15) is 0 Å². The summed E-state index contributed by atoms with van der Waals surface area (Å²) in [6.45, 7) is 2.87. The highest BCUT2D eigenvalue weighted by molar-refractivity contribution is 7.88. The molecule has 0 fully saturated rings. The average Bonchev–Trinajstić information content (AvgIpc) is 2.58. The van der Waals surface area contributed by atoms with Gasteiger partial charge < -0.3 is 9.15 Å². The maximum absolute atomic E-state index is 12.2. The average molecular weight is 407 g/mol. The summed E-state index contributed by atoms with van der Waals surface area (Å²) in [5, 5.41) is 0. The first-order valence-electron chi connectivity index (χ1n) is 8.42. The Morgan fingerprint density at radius 2 is 1.79 bits per heavy atom. The highest BCUT2D eigenvalue weighted by Crippen LogP contribution is 2.13. The Balaban J connectivity index is 1.94. The second-order valence-electron chi connectivity index (χ2n) is 6.29. The zero-order valence-corrected chi connectivity index (χ0v) is 16.6. The van der Waals surface area contributed by atoms with Gasteiger partial charge >= 0.3 is 11.6 Å². The number of sulfonamides is 1. The van der Waals surface area contributed by atoms with Gasteiger partial charge in [0.05, 0.1) is 6.26 Å². The van der Waals surface area contributed by atoms with E-state index in [1.54, 1.807) is 31.2 Å². The molecule has 2 aromatic rings. The van der Waals surface area contributed by atoms with E-state index < -0.39 is 28.2 Å². The molecule has 0 unspecified atom stereocenters. The summed E-state index contributed by atoms with van der Waals surface area (Å²) in [6, 6.07) is 7.77. The van der Waals surface area contributed by atoms with Crippen molar-refractivity contribution in [1.82, 2.24) is 4.72 Å². The lowest BCUT2D eigenvalue weighted by molar-refractivity contribution is 0.0470. The van der Waals surface area contributed by atoms with Crippen molar-refractivity contribution in [2.45, 2.75) is 20.3 Å². The molecule has 0 spiro atoms. The molecular formula is C19H21NO7S. The van der Waals surface area contributed by atoms with Crippen LogP contribution < -0.4 is 10.3 Å². The molecule has 2 rings (SSSR count). The number of hydrogen-bond acceptors (Lipinski definition) is 7. The predicted octanol–water partition coefficient (Wildman–Crippen LogP) is 1.39. The summed E-state index contributed by atoms with van der Waals surface area (Å²) < 4.78 is 34.4. The van der Waals surface area contributed by atoms with E-state index in [4.69, 9.17) is 9.15 Å². The number of carbonyl (C=O) groups excluding carboxylic acids is 2. The summed E-state index contributed by atoms with van der Waals surface area (Å²) in [5.41, 5.74) is 1.20. The van der Waals surface area contributed by atoms with Crippen LogP contribution in [0, 0.1) is 13.8 Å². The number of hydrogen-bond donors (Lipinski definition) is 1. The smallest absolute Gasteiger partial charge is 0.342 e. The SMILES string of the molecule is Cc1cc(=O)oc(C)c1C(=O)OCC(=O)c1ccc(CCNS(C)(=O)=O)cc1. The minimum absolute atomic E-state index is 0.126. The Bertz CT molecular complexity index is 1010. The van der Waals surface area contributed by atoms with E-state index in [1.807, 2.05) is 0 Å². The molecule has 0 saturated carbocycles. The molecule has 0 atom stereocenters. The molecule has 9 heteroatoms. The number of rotatable bonds is 8. The van der Waals surface area contributed by atoms with E-state index in [-0.39, 0.29) is 23.7 Å². The molecule has 150 valence electrons. The molecule has 1 N–H and O–H groups in total. The number of Topliss-reactive ketones (excluding diaryl/α,β-unsaturated/α-hetero) is 1. The molecule has 0 amide bonds. The lowest BCUT2D eigenvalue weighted by atomic mass is 10.1. The first-order chi connectivity index (χ1) is 13.1. The van der Waals surface area contributed by atoms with Crippen molar-refractivity contribution in [2.24, 2.45) is 0 Å². The van der Waals surface area contributed by atoms with E-state index in [9.17, 15) is 22.8 Å². The number of esters is 1. The minimum atomic E-state index is -3.24. The van der Waals surface area contributed by atoms with Gasteiger partial charge in [0, 0.05) is 18.2 Å². The van der Waals surface area contributed by atoms with Crippen LogP contribution in [0.15, 0.2) is 39.5 Å². The third kappa shape index (κ3) is 6.14. The number of benzene rings is 1. The molecule has 1 aromatic carbocycles. The number of aryl methyl sites for hydroxylation is 2. The summed E-state index contributed by atoms with van der Waals surface area (Å²) in [7, 11) is -3.24. The lowest BCUT2D eigenvalue weighted by Crippen LogP contribution is -2.24. The first kappa shape index (κ1) is 21.5. The predicted molar refractivity (Wildman–Crippen MR) is 102 cm³/mol.